The molecule has 1 N–H and O–H groups in total. The van der Waals surface area contributed by atoms with Gasteiger partial charge < -0.3 is 14.8 Å². The summed E-state index contributed by atoms with van der Waals surface area (Å²) < 4.78 is 10.6. The van der Waals surface area contributed by atoms with Crippen LogP contribution in [0.2, 0.25) is 0 Å². The molecular weight excluding hydrogens is 218 g/mol. The summed E-state index contributed by atoms with van der Waals surface area (Å²) in [7, 11) is 1.61. The van der Waals surface area contributed by atoms with E-state index < -0.39 is 0 Å². The molecule has 2 heterocycles. The highest BCUT2D eigenvalue weighted by molar-refractivity contribution is 5.38. The van der Waals surface area contributed by atoms with Crippen LogP contribution in [0.3, 0.4) is 0 Å². The van der Waals surface area contributed by atoms with Crippen molar-refractivity contribution < 1.29 is 9.47 Å². The van der Waals surface area contributed by atoms with Gasteiger partial charge in [0, 0.05) is 19.2 Å². The smallest absolute Gasteiger partial charge is 0.218 e. The molecule has 1 aromatic heterocycles. The molecule has 0 amide bonds. The summed E-state index contributed by atoms with van der Waals surface area (Å²) in [6.07, 6.45) is 2.37. The molecule has 1 aliphatic heterocycles. The summed E-state index contributed by atoms with van der Waals surface area (Å²) in [5.74, 6) is 2.71. The summed E-state index contributed by atoms with van der Waals surface area (Å²) in [5.41, 5.74) is 0. The maximum atomic E-state index is 5.44. The van der Waals surface area contributed by atoms with Crippen molar-refractivity contribution in [3.05, 3.63) is 11.9 Å². The van der Waals surface area contributed by atoms with Gasteiger partial charge in [-0.05, 0) is 25.7 Å². The predicted octanol–water partition coefficient (Wildman–Crippen LogP) is 1.63. The quantitative estimate of drug-likeness (QED) is 0.862. The van der Waals surface area contributed by atoms with Crippen LogP contribution < -0.4 is 10.1 Å². The number of aromatic nitrogens is 2. The summed E-state index contributed by atoms with van der Waals surface area (Å²) in [4.78, 5) is 8.47. The van der Waals surface area contributed by atoms with E-state index in [1.54, 1.807) is 7.11 Å². The Bertz CT molecular complexity index is 365. The SMILES string of the molecule is COc1cc(NCC2CCCOC2)nc(C)n1. The van der Waals surface area contributed by atoms with Crippen molar-refractivity contribution in [2.45, 2.75) is 19.8 Å². The van der Waals surface area contributed by atoms with E-state index in [1.807, 2.05) is 13.0 Å². The second-order valence-corrected chi connectivity index (χ2v) is 4.31. The Labute approximate surface area is 102 Å². The van der Waals surface area contributed by atoms with Gasteiger partial charge in [0.05, 0.1) is 13.7 Å². The first kappa shape index (κ1) is 12.1. The molecule has 2 rings (SSSR count). The Hall–Kier alpha value is -1.36. The molecule has 5 heteroatoms. The molecule has 0 aromatic carbocycles. The number of ether oxygens (including phenoxy) is 2. The van der Waals surface area contributed by atoms with E-state index in [4.69, 9.17) is 9.47 Å². The van der Waals surface area contributed by atoms with Crippen molar-refractivity contribution >= 4 is 5.82 Å². The van der Waals surface area contributed by atoms with Crippen LogP contribution in [0.25, 0.3) is 0 Å². The van der Waals surface area contributed by atoms with E-state index in [0.29, 0.717) is 17.6 Å². The first-order chi connectivity index (χ1) is 8.28. The highest BCUT2D eigenvalue weighted by Crippen LogP contribution is 2.16. The minimum atomic E-state index is 0.574. The van der Waals surface area contributed by atoms with Crippen molar-refractivity contribution in [3.8, 4) is 5.88 Å². The van der Waals surface area contributed by atoms with Crippen molar-refractivity contribution in [2.75, 3.05) is 32.2 Å². The third kappa shape index (κ3) is 3.56. The van der Waals surface area contributed by atoms with Gasteiger partial charge in [-0.25, -0.2) is 4.98 Å². The van der Waals surface area contributed by atoms with E-state index in [1.165, 1.54) is 6.42 Å². The molecule has 1 aliphatic rings. The van der Waals surface area contributed by atoms with Crippen LogP contribution in [0, 0.1) is 12.8 Å². The minimum absolute atomic E-state index is 0.574. The van der Waals surface area contributed by atoms with Gasteiger partial charge in [0.15, 0.2) is 0 Å². The van der Waals surface area contributed by atoms with Gasteiger partial charge in [-0.2, -0.15) is 4.98 Å². The molecule has 17 heavy (non-hydrogen) atoms. The fourth-order valence-electron chi connectivity index (χ4n) is 1.95. The third-order valence-electron chi connectivity index (χ3n) is 2.85. The Morgan fingerprint density at radius 1 is 1.53 bits per heavy atom. The van der Waals surface area contributed by atoms with Gasteiger partial charge in [-0.3, -0.25) is 0 Å². The average Bonchev–Trinajstić information content (AvgIpc) is 2.37. The molecule has 0 saturated carbocycles. The summed E-state index contributed by atoms with van der Waals surface area (Å²) in [5, 5.41) is 3.32. The molecule has 0 spiro atoms. The molecule has 94 valence electrons. The molecular formula is C12H19N3O2. The molecule has 1 unspecified atom stereocenters. The monoisotopic (exact) mass is 237 g/mol. The first-order valence-corrected chi connectivity index (χ1v) is 5.99. The van der Waals surface area contributed by atoms with Gasteiger partial charge >= 0.3 is 0 Å². The molecule has 5 nitrogen and oxygen atoms in total. The summed E-state index contributed by atoms with van der Waals surface area (Å²) >= 11 is 0. The van der Waals surface area contributed by atoms with E-state index >= 15 is 0 Å². The Kier molecular flexibility index (Phi) is 4.14. The lowest BCUT2D eigenvalue weighted by molar-refractivity contribution is 0.0595. The Morgan fingerprint density at radius 3 is 3.12 bits per heavy atom. The van der Waals surface area contributed by atoms with Crippen molar-refractivity contribution in [1.29, 1.82) is 0 Å². The zero-order valence-corrected chi connectivity index (χ0v) is 10.4. The second kappa shape index (κ2) is 5.82. The van der Waals surface area contributed by atoms with E-state index in [-0.39, 0.29) is 0 Å². The van der Waals surface area contributed by atoms with Gasteiger partial charge in [0.2, 0.25) is 5.88 Å². The van der Waals surface area contributed by atoms with E-state index in [2.05, 4.69) is 15.3 Å². The van der Waals surface area contributed by atoms with Crippen LogP contribution in [-0.4, -0.2) is 36.8 Å². The zero-order chi connectivity index (χ0) is 12.1. The number of rotatable bonds is 4. The Morgan fingerprint density at radius 2 is 2.41 bits per heavy atom. The highest BCUT2D eigenvalue weighted by atomic mass is 16.5. The van der Waals surface area contributed by atoms with Crippen LogP contribution >= 0.6 is 0 Å². The van der Waals surface area contributed by atoms with Crippen LogP contribution in [0.5, 0.6) is 5.88 Å². The third-order valence-corrected chi connectivity index (χ3v) is 2.85. The first-order valence-electron chi connectivity index (χ1n) is 5.99. The van der Waals surface area contributed by atoms with Gasteiger partial charge in [0.1, 0.15) is 11.6 Å². The van der Waals surface area contributed by atoms with Crippen molar-refractivity contribution in [1.82, 2.24) is 9.97 Å². The number of nitrogens with one attached hydrogen (secondary N) is 1. The summed E-state index contributed by atoms with van der Waals surface area (Å²) in [6, 6.07) is 1.82. The molecule has 0 bridgehead atoms. The fourth-order valence-corrected chi connectivity index (χ4v) is 1.95. The van der Waals surface area contributed by atoms with Gasteiger partial charge in [-0.1, -0.05) is 0 Å². The molecule has 1 fully saturated rings. The van der Waals surface area contributed by atoms with E-state index in [9.17, 15) is 0 Å². The molecule has 0 aliphatic carbocycles. The fraction of sp³-hybridized carbons (Fsp3) is 0.667. The molecule has 1 aromatic rings. The number of hydrogen-bond donors (Lipinski definition) is 1. The molecule has 1 atom stereocenters. The number of methoxy groups -OCH3 is 1. The van der Waals surface area contributed by atoms with Crippen LogP contribution in [0.1, 0.15) is 18.7 Å². The average molecular weight is 237 g/mol. The maximum Gasteiger partial charge on any atom is 0.218 e. The minimum Gasteiger partial charge on any atom is -0.481 e. The lowest BCUT2D eigenvalue weighted by atomic mass is 10.0. The van der Waals surface area contributed by atoms with Crippen LogP contribution in [0.4, 0.5) is 5.82 Å². The lowest BCUT2D eigenvalue weighted by Gasteiger charge is -2.22. The van der Waals surface area contributed by atoms with E-state index in [0.717, 1.165) is 32.0 Å². The topological polar surface area (TPSA) is 56.3 Å². The van der Waals surface area contributed by atoms with Gasteiger partial charge in [0.25, 0.3) is 0 Å². The van der Waals surface area contributed by atoms with Crippen LogP contribution in [0.15, 0.2) is 6.07 Å². The maximum absolute atomic E-state index is 5.44. The molecule has 1 saturated heterocycles. The standard InChI is InChI=1S/C12H19N3O2/c1-9-14-11(6-12(15-9)16-2)13-7-10-4-3-5-17-8-10/h6,10H,3-5,7-8H2,1-2H3,(H,13,14,15). The summed E-state index contributed by atoms with van der Waals surface area (Å²) in [6.45, 7) is 4.49. The molecule has 0 radical (unpaired) electrons. The zero-order valence-electron chi connectivity index (χ0n) is 10.4. The van der Waals surface area contributed by atoms with Crippen LogP contribution in [-0.2, 0) is 4.74 Å². The highest BCUT2D eigenvalue weighted by Gasteiger charge is 2.13. The predicted molar refractivity (Wildman–Crippen MR) is 65.4 cm³/mol. The lowest BCUT2D eigenvalue weighted by Crippen LogP contribution is -2.24. The normalized spacial score (nSPS) is 20.0. The van der Waals surface area contributed by atoms with Crippen molar-refractivity contribution in [3.63, 3.8) is 0 Å². The number of aryl methyl sites for hydroxylation is 1. The second-order valence-electron chi connectivity index (χ2n) is 4.31. The Balaban J connectivity index is 1.91. The largest absolute Gasteiger partial charge is 0.481 e. The number of hydrogen-bond acceptors (Lipinski definition) is 5. The van der Waals surface area contributed by atoms with Gasteiger partial charge in [-0.15, -0.1) is 0 Å². The van der Waals surface area contributed by atoms with Crippen molar-refractivity contribution in [2.24, 2.45) is 5.92 Å². The number of nitrogens with zero attached hydrogens (tertiary/aromatic N) is 2. The number of anilines is 1.